The number of carbonyl (C=O) groups excluding carboxylic acids is 1. The number of alkyl halides is 3. The molecule has 1 aliphatic carbocycles. The molecule has 1 aromatic carbocycles. The molecule has 2 N–H and O–H groups in total. The number of nitrogens with zero attached hydrogens (tertiary/aromatic N) is 1. The fourth-order valence-electron chi connectivity index (χ4n) is 3.18. The normalized spacial score (nSPS) is 15.5. The minimum Gasteiger partial charge on any atom is -0.365 e. The summed E-state index contributed by atoms with van der Waals surface area (Å²) in [7, 11) is -3.41. The fourth-order valence-corrected chi connectivity index (χ4v) is 3.63. The van der Waals surface area contributed by atoms with E-state index in [1.54, 1.807) is 6.92 Å². The van der Waals surface area contributed by atoms with Crippen molar-refractivity contribution in [1.82, 2.24) is 10.3 Å². The Hall–Kier alpha value is -2.95. The highest BCUT2D eigenvalue weighted by atomic mass is 32.2. The van der Waals surface area contributed by atoms with Crippen LogP contribution in [0.4, 0.5) is 23.4 Å². The lowest BCUT2D eigenvalue weighted by Crippen LogP contribution is -2.35. The van der Waals surface area contributed by atoms with Crippen LogP contribution in [0, 0.1) is 18.7 Å². The number of benzene rings is 1. The zero-order valence-corrected chi connectivity index (χ0v) is 18.7. The van der Waals surface area contributed by atoms with Crippen molar-refractivity contribution < 1.29 is 30.8 Å². The van der Waals surface area contributed by atoms with Gasteiger partial charge >= 0.3 is 6.18 Å². The largest absolute Gasteiger partial charge is 0.433 e. The minimum atomic E-state index is -4.73. The Labute approximate surface area is 189 Å². The van der Waals surface area contributed by atoms with E-state index in [1.807, 2.05) is 0 Å². The quantitative estimate of drug-likeness (QED) is 0.547. The van der Waals surface area contributed by atoms with E-state index < -0.39 is 39.5 Å². The first-order valence-electron chi connectivity index (χ1n) is 10.1. The van der Waals surface area contributed by atoms with Crippen molar-refractivity contribution in [1.29, 1.82) is 0 Å². The Morgan fingerprint density at radius 1 is 1.24 bits per heavy atom. The maximum absolute atomic E-state index is 13.6. The molecule has 0 spiro atoms. The van der Waals surface area contributed by atoms with Crippen LogP contribution in [0.25, 0.3) is 0 Å². The van der Waals surface area contributed by atoms with Crippen LogP contribution in [0.15, 0.2) is 41.8 Å². The van der Waals surface area contributed by atoms with E-state index in [1.165, 1.54) is 24.3 Å². The van der Waals surface area contributed by atoms with Gasteiger partial charge in [-0.25, -0.2) is 17.8 Å². The third-order valence-corrected chi connectivity index (χ3v) is 5.80. The number of nitrogens with one attached hydrogen (secondary N) is 2. The Morgan fingerprint density at radius 2 is 1.94 bits per heavy atom. The summed E-state index contributed by atoms with van der Waals surface area (Å²) in [6.45, 7) is 1.66. The third kappa shape index (κ3) is 7.01. The average molecular weight is 486 g/mol. The summed E-state index contributed by atoms with van der Waals surface area (Å²) in [5, 5.41) is 6.38. The molecular weight excluding hydrogens is 462 g/mol. The van der Waals surface area contributed by atoms with E-state index in [9.17, 15) is 30.8 Å². The lowest BCUT2D eigenvalue weighted by molar-refractivity contribution is -0.141. The van der Waals surface area contributed by atoms with Crippen molar-refractivity contribution in [3.8, 4) is 0 Å². The summed E-state index contributed by atoms with van der Waals surface area (Å²) < 4.78 is 76.1. The van der Waals surface area contributed by atoms with E-state index in [-0.39, 0.29) is 23.8 Å². The molecule has 6 nitrogen and oxygen atoms in total. The Morgan fingerprint density at radius 3 is 2.55 bits per heavy atom. The Balaban J connectivity index is 1.88. The second kappa shape index (κ2) is 9.50. The highest BCUT2D eigenvalue weighted by Gasteiger charge is 2.35. The number of aryl methyl sites for hydroxylation is 1. The van der Waals surface area contributed by atoms with Crippen molar-refractivity contribution in [3.63, 3.8) is 0 Å². The number of hydrogen-bond donors (Lipinski definition) is 2. The Kier molecular flexibility index (Phi) is 7.11. The highest BCUT2D eigenvalue weighted by molar-refractivity contribution is 7.93. The van der Waals surface area contributed by atoms with Crippen molar-refractivity contribution in [2.45, 2.75) is 38.5 Å². The van der Waals surface area contributed by atoms with Gasteiger partial charge in [-0.2, -0.15) is 13.2 Å². The number of aromatic nitrogens is 1. The summed E-state index contributed by atoms with van der Waals surface area (Å²) in [6, 6.07) is 5.17. The standard InChI is InChI=1S/C22H23F4N3O3S/c1-13-3-6-16(23)11-15(13)12-27-20-17(7-8-19(29-20)22(24,25)26)21(30)28-18(14-4-5-14)9-10-33(2,31)32/h3,6-11,14,18H,4-5,12H2,1-2H3,(H,27,29)(H,28,30)/b10-9+/t18-/m1/s1. The van der Waals surface area contributed by atoms with Crippen LogP contribution >= 0.6 is 0 Å². The number of sulfone groups is 1. The number of carbonyl (C=O) groups is 1. The lowest BCUT2D eigenvalue weighted by atomic mass is 10.1. The van der Waals surface area contributed by atoms with Crippen LogP contribution in [0.3, 0.4) is 0 Å². The van der Waals surface area contributed by atoms with Crippen molar-refractivity contribution in [3.05, 3.63) is 70.0 Å². The first-order chi connectivity index (χ1) is 15.3. The summed E-state index contributed by atoms with van der Waals surface area (Å²) in [4.78, 5) is 16.5. The van der Waals surface area contributed by atoms with E-state index in [0.717, 1.165) is 30.6 Å². The zero-order chi connectivity index (χ0) is 24.4. The highest BCUT2D eigenvalue weighted by Crippen LogP contribution is 2.34. The van der Waals surface area contributed by atoms with Gasteiger partial charge in [-0.05, 0) is 61.1 Å². The smallest absolute Gasteiger partial charge is 0.365 e. The van der Waals surface area contributed by atoms with Gasteiger partial charge in [0.05, 0.1) is 11.6 Å². The van der Waals surface area contributed by atoms with Gasteiger partial charge in [-0.15, -0.1) is 0 Å². The van der Waals surface area contributed by atoms with Crippen molar-refractivity contribution >= 4 is 21.6 Å². The number of rotatable bonds is 8. The number of anilines is 1. The molecule has 0 saturated heterocycles. The van der Waals surface area contributed by atoms with E-state index in [0.29, 0.717) is 17.2 Å². The number of hydrogen-bond acceptors (Lipinski definition) is 5. The average Bonchev–Trinajstić information content (AvgIpc) is 3.55. The molecule has 1 saturated carbocycles. The van der Waals surface area contributed by atoms with Crippen LogP contribution < -0.4 is 10.6 Å². The molecule has 1 amide bonds. The SMILES string of the molecule is Cc1ccc(F)cc1CNc1nc(C(F)(F)F)ccc1C(=O)N[C@H](/C=C/S(C)(=O)=O)C1CC1. The van der Waals surface area contributed by atoms with Crippen LogP contribution in [-0.2, 0) is 22.6 Å². The lowest BCUT2D eigenvalue weighted by Gasteiger charge is -2.18. The third-order valence-electron chi connectivity index (χ3n) is 5.15. The van der Waals surface area contributed by atoms with E-state index >= 15 is 0 Å². The summed E-state index contributed by atoms with van der Waals surface area (Å²) in [6.07, 6.45) is -0.769. The Bertz CT molecular complexity index is 1180. The maximum Gasteiger partial charge on any atom is 0.433 e. The molecule has 0 unspecified atom stereocenters. The first kappa shape index (κ1) is 24.7. The molecule has 178 valence electrons. The second-order valence-electron chi connectivity index (χ2n) is 8.01. The van der Waals surface area contributed by atoms with Crippen molar-refractivity contribution in [2.75, 3.05) is 11.6 Å². The first-order valence-corrected chi connectivity index (χ1v) is 12.1. The zero-order valence-electron chi connectivity index (χ0n) is 17.9. The second-order valence-corrected chi connectivity index (χ2v) is 9.94. The molecule has 3 rings (SSSR count). The molecule has 0 radical (unpaired) electrons. The molecule has 1 aliphatic rings. The van der Waals surface area contributed by atoms with Crippen LogP contribution in [0.5, 0.6) is 0 Å². The molecule has 1 aromatic heterocycles. The van der Waals surface area contributed by atoms with Gasteiger partial charge in [0, 0.05) is 18.2 Å². The van der Waals surface area contributed by atoms with Gasteiger partial charge in [0.1, 0.15) is 17.3 Å². The molecule has 0 aliphatic heterocycles. The fraction of sp³-hybridized carbons (Fsp3) is 0.364. The summed E-state index contributed by atoms with van der Waals surface area (Å²) in [5.41, 5.74) is -0.127. The number of amides is 1. The maximum atomic E-state index is 13.6. The van der Waals surface area contributed by atoms with Crippen LogP contribution in [0.2, 0.25) is 0 Å². The summed E-state index contributed by atoms with van der Waals surface area (Å²) in [5.74, 6) is -1.48. The minimum absolute atomic E-state index is 0.0423. The van der Waals surface area contributed by atoms with Crippen LogP contribution in [0.1, 0.15) is 40.0 Å². The van der Waals surface area contributed by atoms with Gasteiger partial charge in [0.25, 0.3) is 5.91 Å². The molecule has 1 atom stereocenters. The predicted octanol–water partition coefficient (Wildman–Crippen LogP) is 4.23. The monoisotopic (exact) mass is 485 g/mol. The van der Waals surface area contributed by atoms with E-state index in [4.69, 9.17) is 0 Å². The van der Waals surface area contributed by atoms with Gasteiger partial charge < -0.3 is 10.6 Å². The van der Waals surface area contributed by atoms with Gasteiger partial charge in [-0.1, -0.05) is 12.1 Å². The van der Waals surface area contributed by atoms with Gasteiger partial charge in [0.15, 0.2) is 9.84 Å². The molecule has 2 aromatic rings. The van der Waals surface area contributed by atoms with Gasteiger partial charge in [0.2, 0.25) is 0 Å². The van der Waals surface area contributed by atoms with Crippen LogP contribution in [-0.4, -0.2) is 31.6 Å². The molecule has 1 fully saturated rings. The molecule has 11 heteroatoms. The molecule has 0 bridgehead atoms. The topological polar surface area (TPSA) is 88.2 Å². The number of halogens is 4. The predicted molar refractivity (Wildman–Crippen MR) is 116 cm³/mol. The summed E-state index contributed by atoms with van der Waals surface area (Å²) >= 11 is 0. The van der Waals surface area contributed by atoms with E-state index in [2.05, 4.69) is 15.6 Å². The molecular formula is C22H23F4N3O3S. The molecule has 33 heavy (non-hydrogen) atoms. The number of pyridine rings is 1. The van der Waals surface area contributed by atoms with Crippen molar-refractivity contribution in [2.24, 2.45) is 5.92 Å². The molecule has 1 heterocycles. The van der Waals surface area contributed by atoms with Gasteiger partial charge in [-0.3, -0.25) is 4.79 Å².